The molecular formula is C20H14N4O7. The van der Waals surface area contributed by atoms with Gasteiger partial charge in [-0.05, 0) is 36.8 Å². The van der Waals surface area contributed by atoms with Crippen LogP contribution in [0, 0.1) is 38.5 Å². The molecule has 31 heavy (non-hydrogen) atoms. The first kappa shape index (κ1) is 21.0. The molecule has 0 fully saturated rings. The maximum Gasteiger partial charge on any atom is 0.318 e. The molecule has 1 N–H and O–H groups in total. The fourth-order valence-electron chi connectivity index (χ4n) is 2.91. The van der Waals surface area contributed by atoms with Crippen molar-refractivity contribution in [3.8, 4) is 34.4 Å². The maximum atomic E-state index is 12.1. The highest BCUT2D eigenvalue weighted by atomic mass is 16.6. The van der Waals surface area contributed by atoms with Crippen molar-refractivity contribution >= 4 is 11.4 Å². The molecule has 0 amide bonds. The Balaban J connectivity index is 2.07. The number of hydrogen-bond acceptors (Lipinski definition) is 8. The smallest absolute Gasteiger partial charge is 0.318 e. The van der Waals surface area contributed by atoms with E-state index in [2.05, 4.69) is 4.98 Å². The lowest BCUT2D eigenvalue weighted by atomic mass is 10.0. The minimum atomic E-state index is -0.790. The summed E-state index contributed by atoms with van der Waals surface area (Å²) in [4.78, 5) is 35.3. The molecule has 0 saturated heterocycles. The topological polar surface area (TPSA) is 161 Å². The zero-order chi connectivity index (χ0) is 22.7. The average molecular weight is 422 g/mol. The van der Waals surface area contributed by atoms with Crippen LogP contribution in [0.1, 0.15) is 11.3 Å². The molecule has 3 aromatic rings. The van der Waals surface area contributed by atoms with Crippen molar-refractivity contribution in [2.24, 2.45) is 0 Å². The number of non-ortho nitro benzene ring substituents is 1. The van der Waals surface area contributed by atoms with E-state index in [1.807, 2.05) is 6.07 Å². The summed E-state index contributed by atoms with van der Waals surface area (Å²) in [5.74, 6) is 0.0570. The van der Waals surface area contributed by atoms with Crippen LogP contribution in [-0.4, -0.2) is 21.9 Å². The fraction of sp³-hybridized carbons (Fsp3) is 0.100. The fourth-order valence-corrected chi connectivity index (χ4v) is 2.91. The van der Waals surface area contributed by atoms with Gasteiger partial charge in [-0.15, -0.1) is 0 Å². The summed E-state index contributed by atoms with van der Waals surface area (Å²) in [5.41, 5.74) is -0.208. The first-order valence-corrected chi connectivity index (χ1v) is 8.68. The predicted octanol–water partition coefficient (Wildman–Crippen LogP) is 3.84. The minimum Gasteiger partial charge on any atom is -0.493 e. The van der Waals surface area contributed by atoms with E-state index in [0.29, 0.717) is 16.8 Å². The van der Waals surface area contributed by atoms with Gasteiger partial charge < -0.3 is 14.5 Å². The highest BCUT2D eigenvalue weighted by molar-refractivity contribution is 5.73. The molecule has 0 aliphatic heterocycles. The number of aromatic nitrogens is 1. The molecule has 1 heterocycles. The normalized spacial score (nSPS) is 10.2. The molecule has 0 saturated carbocycles. The Labute approximate surface area is 174 Å². The summed E-state index contributed by atoms with van der Waals surface area (Å²) in [6.45, 7) is 1.68. The van der Waals surface area contributed by atoms with Gasteiger partial charge in [-0.2, -0.15) is 5.26 Å². The lowest BCUT2D eigenvalue weighted by molar-refractivity contribution is -0.394. The van der Waals surface area contributed by atoms with Gasteiger partial charge in [0, 0.05) is 17.3 Å². The molecule has 0 spiro atoms. The van der Waals surface area contributed by atoms with E-state index in [0.717, 1.165) is 18.2 Å². The number of ether oxygens (including phenoxy) is 2. The SMILES string of the molecule is COc1cc(-c2cc(C)[nH]c(=O)c2C#N)ccc1Oc1ccc([N+](=O)[O-])cc1[N+](=O)[O-]. The third-order valence-corrected chi connectivity index (χ3v) is 4.32. The molecule has 156 valence electrons. The van der Waals surface area contributed by atoms with Gasteiger partial charge in [-0.1, -0.05) is 6.07 Å². The van der Waals surface area contributed by atoms with Crippen molar-refractivity contribution in [3.63, 3.8) is 0 Å². The standard InChI is InChI=1S/C20H14N4O7/c1-11-7-14(15(10-21)20(25)22-11)12-3-5-18(19(8-12)30-2)31-17-6-4-13(23(26)27)9-16(17)24(28)29/h3-9H,1-2H3,(H,22,25). The average Bonchev–Trinajstić information content (AvgIpc) is 2.73. The van der Waals surface area contributed by atoms with Crippen LogP contribution < -0.4 is 15.0 Å². The van der Waals surface area contributed by atoms with Crippen LogP contribution in [-0.2, 0) is 0 Å². The molecule has 0 atom stereocenters. The van der Waals surface area contributed by atoms with Crippen LogP contribution in [0.2, 0.25) is 0 Å². The van der Waals surface area contributed by atoms with Gasteiger partial charge in [-0.3, -0.25) is 25.0 Å². The molecule has 2 aromatic carbocycles. The molecular weight excluding hydrogens is 408 g/mol. The highest BCUT2D eigenvalue weighted by Crippen LogP contribution is 2.40. The van der Waals surface area contributed by atoms with E-state index in [4.69, 9.17) is 9.47 Å². The van der Waals surface area contributed by atoms with E-state index in [1.54, 1.807) is 19.1 Å². The number of nitrogens with zero attached hydrogens (tertiary/aromatic N) is 3. The third kappa shape index (κ3) is 4.18. The van der Waals surface area contributed by atoms with Gasteiger partial charge in [0.05, 0.1) is 23.0 Å². The van der Waals surface area contributed by atoms with Gasteiger partial charge >= 0.3 is 5.69 Å². The van der Waals surface area contributed by atoms with Gasteiger partial charge in [0.15, 0.2) is 11.5 Å². The zero-order valence-electron chi connectivity index (χ0n) is 16.2. The lowest BCUT2D eigenvalue weighted by Crippen LogP contribution is -2.12. The Kier molecular flexibility index (Phi) is 5.65. The summed E-state index contributed by atoms with van der Waals surface area (Å²) in [7, 11) is 1.35. The molecule has 0 radical (unpaired) electrons. The quantitative estimate of drug-likeness (QED) is 0.463. The molecule has 11 heteroatoms. The summed E-state index contributed by atoms with van der Waals surface area (Å²) < 4.78 is 10.9. The van der Waals surface area contributed by atoms with Crippen molar-refractivity contribution in [1.82, 2.24) is 4.98 Å². The van der Waals surface area contributed by atoms with Crippen molar-refractivity contribution < 1.29 is 19.3 Å². The van der Waals surface area contributed by atoms with Gasteiger partial charge in [0.25, 0.3) is 11.2 Å². The molecule has 1 aromatic heterocycles. The Bertz CT molecular complexity index is 1310. The Morgan fingerprint density at radius 2 is 1.71 bits per heavy atom. The second-order valence-electron chi connectivity index (χ2n) is 6.32. The summed E-state index contributed by atoms with van der Waals surface area (Å²) in [6, 6.07) is 11.0. The van der Waals surface area contributed by atoms with E-state index >= 15 is 0 Å². The number of nitro benzene ring substituents is 2. The predicted molar refractivity (Wildman–Crippen MR) is 108 cm³/mol. The molecule has 0 unspecified atom stereocenters. The molecule has 0 bridgehead atoms. The van der Waals surface area contributed by atoms with Crippen LogP contribution in [0.3, 0.4) is 0 Å². The second kappa shape index (κ2) is 8.34. The van der Waals surface area contributed by atoms with Crippen molar-refractivity contribution in [2.75, 3.05) is 7.11 Å². The number of aromatic amines is 1. The number of benzene rings is 2. The Hall–Kier alpha value is -4.72. The van der Waals surface area contributed by atoms with Gasteiger partial charge in [-0.25, -0.2) is 0 Å². The highest BCUT2D eigenvalue weighted by Gasteiger charge is 2.22. The van der Waals surface area contributed by atoms with Crippen LogP contribution in [0.15, 0.2) is 47.3 Å². The van der Waals surface area contributed by atoms with Crippen LogP contribution in [0.4, 0.5) is 11.4 Å². The van der Waals surface area contributed by atoms with E-state index in [9.17, 15) is 30.3 Å². The van der Waals surface area contributed by atoms with Gasteiger partial charge in [0.1, 0.15) is 11.6 Å². The maximum absolute atomic E-state index is 12.1. The van der Waals surface area contributed by atoms with Crippen molar-refractivity contribution in [1.29, 1.82) is 5.26 Å². The number of nitro groups is 2. The number of pyridine rings is 1. The number of aryl methyl sites for hydroxylation is 1. The lowest BCUT2D eigenvalue weighted by Gasteiger charge is -2.13. The van der Waals surface area contributed by atoms with E-state index in [1.165, 1.54) is 19.2 Å². The molecule has 0 aliphatic carbocycles. The number of methoxy groups -OCH3 is 1. The van der Waals surface area contributed by atoms with E-state index < -0.39 is 26.8 Å². The van der Waals surface area contributed by atoms with Gasteiger partial charge in [0.2, 0.25) is 5.75 Å². The largest absolute Gasteiger partial charge is 0.493 e. The zero-order valence-corrected chi connectivity index (χ0v) is 16.2. The number of nitrogens with one attached hydrogen (secondary N) is 1. The van der Waals surface area contributed by atoms with Crippen molar-refractivity contribution in [3.05, 3.63) is 84.3 Å². The third-order valence-electron chi connectivity index (χ3n) is 4.32. The van der Waals surface area contributed by atoms with E-state index in [-0.39, 0.29) is 22.8 Å². The number of nitriles is 1. The van der Waals surface area contributed by atoms with Crippen molar-refractivity contribution in [2.45, 2.75) is 6.92 Å². The Morgan fingerprint density at radius 3 is 2.32 bits per heavy atom. The van der Waals surface area contributed by atoms with Crippen LogP contribution >= 0.6 is 0 Å². The number of rotatable bonds is 6. The molecule has 0 aliphatic rings. The first-order valence-electron chi connectivity index (χ1n) is 8.68. The summed E-state index contributed by atoms with van der Waals surface area (Å²) in [5, 5.41) is 31.5. The molecule has 11 nitrogen and oxygen atoms in total. The van der Waals surface area contributed by atoms with Crippen LogP contribution in [0.25, 0.3) is 11.1 Å². The molecule has 3 rings (SSSR count). The monoisotopic (exact) mass is 422 g/mol. The Morgan fingerprint density at radius 1 is 1.00 bits per heavy atom. The first-order chi connectivity index (χ1) is 14.7. The minimum absolute atomic E-state index is 0.0765. The number of H-pyrrole nitrogens is 1. The second-order valence-corrected chi connectivity index (χ2v) is 6.32. The summed E-state index contributed by atoms with van der Waals surface area (Å²) >= 11 is 0. The summed E-state index contributed by atoms with van der Waals surface area (Å²) in [6.07, 6.45) is 0. The van der Waals surface area contributed by atoms with Crippen LogP contribution in [0.5, 0.6) is 17.2 Å². The number of hydrogen-bond donors (Lipinski definition) is 1.